The Kier molecular flexibility index (Phi) is 4.79. The van der Waals surface area contributed by atoms with Crippen molar-refractivity contribution >= 4 is 28.6 Å². The fourth-order valence-electron chi connectivity index (χ4n) is 3.02. The van der Waals surface area contributed by atoms with Gasteiger partial charge in [0.1, 0.15) is 12.0 Å². The van der Waals surface area contributed by atoms with E-state index in [4.69, 9.17) is 0 Å². The van der Waals surface area contributed by atoms with Crippen LogP contribution in [0, 0.1) is 10.1 Å². The van der Waals surface area contributed by atoms with Crippen molar-refractivity contribution < 1.29 is 4.92 Å². The van der Waals surface area contributed by atoms with Crippen LogP contribution in [0.25, 0.3) is 10.9 Å². The second-order valence-corrected chi connectivity index (χ2v) is 6.24. The average Bonchev–Trinajstić information content (AvgIpc) is 3.07. The molecule has 0 fully saturated rings. The molecule has 138 valence electrons. The van der Waals surface area contributed by atoms with Gasteiger partial charge in [0.05, 0.1) is 11.1 Å². The van der Waals surface area contributed by atoms with Crippen LogP contribution >= 0.6 is 0 Å². The molecule has 0 atom stereocenters. The molecule has 0 radical (unpaired) electrons. The Morgan fingerprint density at radius 3 is 2.61 bits per heavy atom. The van der Waals surface area contributed by atoms with Crippen molar-refractivity contribution in [1.29, 1.82) is 0 Å². The predicted molar refractivity (Wildman–Crippen MR) is 110 cm³/mol. The van der Waals surface area contributed by atoms with E-state index in [9.17, 15) is 10.1 Å². The third-order valence-electron chi connectivity index (χ3n) is 4.36. The number of hydrazone groups is 1. The number of rotatable bonds is 6. The van der Waals surface area contributed by atoms with Crippen LogP contribution in [0.15, 0.2) is 84.2 Å². The SMILES string of the molecule is O=[N+]([O-])c1ccc(N/N=C\c2cn(Cc3ccccc3)c3ccccc23)nc1. The van der Waals surface area contributed by atoms with Gasteiger partial charge in [-0.1, -0.05) is 48.5 Å². The summed E-state index contributed by atoms with van der Waals surface area (Å²) in [5.74, 6) is 0.440. The summed E-state index contributed by atoms with van der Waals surface area (Å²) in [6.07, 6.45) is 4.99. The van der Waals surface area contributed by atoms with Gasteiger partial charge in [-0.25, -0.2) is 4.98 Å². The Labute approximate surface area is 161 Å². The van der Waals surface area contributed by atoms with E-state index >= 15 is 0 Å². The molecule has 0 aliphatic rings. The lowest BCUT2D eigenvalue weighted by molar-refractivity contribution is -0.385. The molecule has 7 nitrogen and oxygen atoms in total. The zero-order valence-electron chi connectivity index (χ0n) is 14.9. The van der Waals surface area contributed by atoms with Crippen LogP contribution in [0.3, 0.4) is 0 Å². The minimum absolute atomic E-state index is 0.0569. The third kappa shape index (κ3) is 3.73. The molecule has 2 heterocycles. The van der Waals surface area contributed by atoms with Gasteiger partial charge in [-0.3, -0.25) is 15.5 Å². The molecule has 2 aromatic carbocycles. The molecule has 2 aromatic heterocycles. The number of pyridine rings is 1. The summed E-state index contributed by atoms with van der Waals surface area (Å²) in [6, 6.07) is 21.3. The molecule has 0 aliphatic heterocycles. The fourth-order valence-corrected chi connectivity index (χ4v) is 3.02. The van der Waals surface area contributed by atoms with Gasteiger partial charge >= 0.3 is 0 Å². The highest BCUT2D eigenvalue weighted by Crippen LogP contribution is 2.21. The van der Waals surface area contributed by atoms with Crippen LogP contribution < -0.4 is 5.43 Å². The Morgan fingerprint density at radius 2 is 1.86 bits per heavy atom. The van der Waals surface area contributed by atoms with Crippen molar-refractivity contribution in [3.63, 3.8) is 0 Å². The molecule has 0 unspecified atom stereocenters. The minimum atomic E-state index is -0.484. The molecule has 28 heavy (non-hydrogen) atoms. The van der Waals surface area contributed by atoms with Gasteiger partial charge in [0.2, 0.25) is 0 Å². The van der Waals surface area contributed by atoms with Gasteiger partial charge in [-0.05, 0) is 17.7 Å². The van der Waals surface area contributed by atoms with Gasteiger partial charge in [0.15, 0.2) is 0 Å². The van der Waals surface area contributed by atoms with Gasteiger partial charge in [0, 0.05) is 35.3 Å². The highest BCUT2D eigenvalue weighted by atomic mass is 16.6. The van der Waals surface area contributed by atoms with Gasteiger partial charge in [-0.15, -0.1) is 0 Å². The van der Waals surface area contributed by atoms with E-state index in [2.05, 4.69) is 50.5 Å². The van der Waals surface area contributed by atoms with E-state index in [0.29, 0.717) is 5.82 Å². The number of anilines is 1. The van der Waals surface area contributed by atoms with E-state index in [1.807, 2.05) is 30.3 Å². The molecular weight excluding hydrogens is 354 g/mol. The number of aromatic nitrogens is 2. The lowest BCUT2D eigenvalue weighted by atomic mass is 10.2. The quantitative estimate of drug-likeness (QED) is 0.308. The third-order valence-corrected chi connectivity index (χ3v) is 4.36. The average molecular weight is 371 g/mol. The first-order chi connectivity index (χ1) is 13.7. The molecule has 0 amide bonds. The molecule has 1 N–H and O–H groups in total. The van der Waals surface area contributed by atoms with Crippen molar-refractivity contribution in [2.75, 3.05) is 5.43 Å². The molecule has 4 aromatic rings. The van der Waals surface area contributed by atoms with Gasteiger partial charge < -0.3 is 4.57 Å². The summed E-state index contributed by atoms with van der Waals surface area (Å²) in [5.41, 5.74) is 6.07. The molecule has 7 heteroatoms. The van der Waals surface area contributed by atoms with Gasteiger partial charge in [-0.2, -0.15) is 5.10 Å². The van der Waals surface area contributed by atoms with Crippen molar-refractivity contribution in [3.05, 3.63) is 100 Å². The molecule has 4 rings (SSSR count). The smallest absolute Gasteiger partial charge is 0.287 e. The first-order valence-electron chi connectivity index (χ1n) is 8.72. The van der Waals surface area contributed by atoms with Crippen LogP contribution in [0.2, 0.25) is 0 Å². The second-order valence-electron chi connectivity index (χ2n) is 6.24. The Hall–Kier alpha value is -4.00. The topological polar surface area (TPSA) is 85.4 Å². The summed E-state index contributed by atoms with van der Waals surface area (Å²) in [4.78, 5) is 14.2. The van der Waals surface area contributed by atoms with Crippen molar-refractivity contribution in [2.45, 2.75) is 6.54 Å². The van der Waals surface area contributed by atoms with E-state index < -0.39 is 4.92 Å². The fraction of sp³-hybridized carbons (Fsp3) is 0.0476. The van der Waals surface area contributed by atoms with Crippen LogP contribution in [0.4, 0.5) is 11.5 Å². The Bertz CT molecular complexity index is 1130. The number of para-hydroxylation sites is 1. The molecule has 0 aliphatic carbocycles. The van der Waals surface area contributed by atoms with Gasteiger partial charge in [0.25, 0.3) is 5.69 Å². The number of fused-ring (bicyclic) bond motifs is 1. The monoisotopic (exact) mass is 371 g/mol. The maximum atomic E-state index is 10.7. The van der Waals surface area contributed by atoms with E-state index in [1.54, 1.807) is 6.21 Å². The van der Waals surface area contributed by atoms with E-state index in [1.165, 1.54) is 23.9 Å². The Balaban J connectivity index is 1.56. The molecule has 0 saturated carbocycles. The van der Waals surface area contributed by atoms with E-state index in [-0.39, 0.29) is 5.69 Å². The number of nitrogens with one attached hydrogen (secondary N) is 1. The zero-order valence-corrected chi connectivity index (χ0v) is 14.9. The lowest BCUT2D eigenvalue weighted by Crippen LogP contribution is -1.97. The summed E-state index contributed by atoms with van der Waals surface area (Å²) >= 11 is 0. The molecule has 0 spiro atoms. The summed E-state index contributed by atoms with van der Waals surface area (Å²) in [5, 5.41) is 16.0. The van der Waals surface area contributed by atoms with Crippen LogP contribution in [-0.4, -0.2) is 20.7 Å². The summed E-state index contributed by atoms with van der Waals surface area (Å²) in [6.45, 7) is 0.770. The number of hydrogen-bond acceptors (Lipinski definition) is 5. The highest BCUT2D eigenvalue weighted by Gasteiger charge is 2.07. The molecule has 0 bridgehead atoms. The lowest BCUT2D eigenvalue weighted by Gasteiger charge is -2.05. The van der Waals surface area contributed by atoms with E-state index in [0.717, 1.165) is 23.0 Å². The van der Waals surface area contributed by atoms with Crippen LogP contribution in [0.5, 0.6) is 0 Å². The van der Waals surface area contributed by atoms with Crippen molar-refractivity contribution in [1.82, 2.24) is 9.55 Å². The maximum Gasteiger partial charge on any atom is 0.287 e. The maximum absolute atomic E-state index is 10.7. The van der Waals surface area contributed by atoms with Crippen LogP contribution in [0.1, 0.15) is 11.1 Å². The second kappa shape index (κ2) is 7.71. The largest absolute Gasteiger partial charge is 0.342 e. The van der Waals surface area contributed by atoms with Crippen molar-refractivity contribution in [3.8, 4) is 0 Å². The van der Waals surface area contributed by atoms with Crippen molar-refractivity contribution in [2.24, 2.45) is 5.10 Å². The highest BCUT2D eigenvalue weighted by molar-refractivity contribution is 5.99. The summed E-state index contributed by atoms with van der Waals surface area (Å²) in [7, 11) is 0. The Morgan fingerprint density at radius 1 is 1.07 bits per heavy atom. The number of hydrogen-bond donors (Lipinski definition) is 1. The summed E-state index contributed by atoms with van der Waals surface area (Å²) < 4.78 is 2.19. The zero-order chi connectivity index (χ0) is 19.3. The number of nitrogens with zero attached hydrogens (tertiary/aromatic N) is 4. The normalized spacial score (nSPS) is 11.1. The number of nitro groups is 1. The van der Waals surface area contributed by atoms with Crippen LogP contribution in [-0.2, 0) is 6.54 Å². The predicted octanol–water partition coefficient (Wildman–Crippen LogP) is 4.44. The molecular formula is C21H17N5O2. The minimum Gasteiger partial charge on any atom is -0.342 e. The first-order valence-corrected chi connectivity index (χ1v) is 8.72. The standard InChI is InChI=1S/C21H17N5O2/c27-26(28)18-10-11-21(22-13-18)24-23-12-17-15-25(14-16-6-2-1-3-7-16)20-9-5-4-8-19(17)20/h1-13,15H,14H2,(H,22,24)/b23-12-. The molecule has 0 saturated heterocycles. The first kappa shape index (κ1) is 17.4. The number of benzene rings is 2.